The van der Waals surface area contributed by atoms with Gasteiger partial charge in [-0.3, -0.25) is 4.79 Å². The number of rotatable bonds is 8. The predicted molar refractivity (Wildman–Crippen MR) is 136 cm³/mol. The highest BCUT2D eigenvalue weighted by Crippen LogP contribution is 2.34. The molecule has 12 heteroatoms. The lowest BCUT2D eigenvalue weighted by Crippen LogP contribution is -2.41. The number of hydrogen-bond donors (Lipinski definition) is 2. The minimum Gasteiger partial charge on any atom is -0.497 e. The number of piperidine rings is 1. The van der Waals surface area contributed by atoms with E-state index >= 15 is 0 Å². The third kappa shape index (κ3) is 6.06. The molecule has 0 unspecified atom stereocenters. The number of alkyl halides is 3. The summed E-state index contributed by atoms with van der Waals surface area (Å²) in [6, 6.07) is 10.6. The molecule has 2 heterocycles. The molecule has 0 saturated carbocycles. The summed E-state index contributed by atoms with van der Waals surface area (Å²) in [6.45, 7) is 0.827. The number of halogens is 3. The van der Waals surface area contributed by atoms with Gasteiger partial charge in [-0.25, -0.2) is 0 Å². The highest BCUT2D eigenvalue weighted by molar-refractivity contribution is 5.79. The lowest BCUT2D eigenvalue weighted by Gasteiger charge is -2.31. The van der Waals surface area contributed by atoms with Crippen molar-refractivity contribution < 1.29 is 27.4 Å². The SMILES string of the molecule is CNc1nc(-c2ccc(OC)cc2OC)nc(N2CCC(C(=O)NCc3ccccc3C(F)(F)F)CC2)n1. The number of benzene rings is 2. The van der Waals surface area contributed by atoms with Gasteiger partial charge in [-0.15, -0.1) is 0 Å². The fraction of sp³-hybridized carbons (Fsp3) is 0.385. The fourth-order valence-electron chi connectivity index (χ4n) is 4.34. The molecule has 1 saturated heterocycles. The van der Waals surface area contributed by atoms with E-state index in [1.807, 2.05) is 11.0 Å². The molecule has 2 aromatic carbocycles. The van der Waals surface area contributed by atoms with Crippen LogP contribution in [-0.2, 0) is 17.5 Å². The van der Waals surface area contributed by atoms with E-state index in [1.54, 1.807) is 33.4 Å². The second-order valence-electron chi connectivity index (χ2n) is 8.73. The molecule has 3 aromatic rings. The summed E-state index contributed by atoms with van der Waals surface area (Å²) in [4.78, 5) is 28.3. The monoisotopic (exact) mass is 530 g/mol. The first-order chi connectivity index (χ1) is 18.2. The first-order valence-electron chi connectivity index (χ1n) is 12.1. The Labute approximate surface area is 218 Å². The summed E-state index contributed by atoms with van der Waals surface area (Å²) in [5.41, 5.74) is -0.0338. The van der Waals surface area contributed by atoms with Gasteiger partial charge >= 0.3 is 6.18 Å². The Hall–Kier alpha value is -4.09. The maximum absolute atomic E-state index is 13.2. The Morgan fingerprint density at radius 3 is 2.45 bits per heavy atom. The van der Waals surface area contributed by atoms with Crippen LogP contribution in [0.1, 0.15) is 24.0 Å². The van der Waals surface area contributed by atoms with Gasteiger partial charge in [-0.1, -0.05) is 18.2 Å². The summed E-state index contributed by atoms with van der Waals surface area (Å²) >= 11 is 0. The average molecular weight is 531 g/mol. The lowest BCUT2D eigenvalue weighted by molar-refractivity contribution is -0.138. The number of nitrogens with one attached hydrogen (secondary N) is 2. The zero-order chi connectivity index (χ0) is 27.3. The Morgan fingerprint density at radius 1 is 1.05 bits per heavy atom. The van der Waals surface area contributed by atoms with Crippen LogP contribution >= 0.6 is 0 Å². The van der Waals surface area contributed by atoms with Gasteiger partial charge in [0, 0.05) is 38.7 Å². The molecular weight excluding hydrogens is 501 g/mol. The molecule has 0 aliphatic carbocycles. The van der Waals surface area contributed by atoms with Crippen molar-refractivity contribution in [1.29, 1.82) is 0 Å². The second kappa shape index (κ2) is 11.5. The van der Waals surface area contributed by atoms with E-state index in [0.29, 0.717) is 60.7 Å². The molecule has 9 nitrogen and oxygen atoms in total. The first-order valence-corrected chi connectivity index (χ1v) is 12.1. The van der Waals surface area contributed by atoms with Gasteiger partial charge < -0.3 is 25.0 Å². The Bertz CT molecular complexity index is 1280. The van der Waals surface area contributed by atoms with Crippen molar-refractivity contribution >= 4 is 17.8 Å². The van der Waals surface area contributed by atoms with Crippen LogP contribution in [0.3, 0.4) is 0 Å². The van der Waals surface area contributed by atoms with E-state index < -0.39 is 11.7 Å². The number of amides is 1. The highest BCUT2D eigenvalue weighted by atomic mass is 19.4. The molecule has 1 aromatic heterocycles. The number of aromatic nitrogens is 3. The van der Waals surface area contributed by atoms with Crippen LogP contribution < -0.4 is 25.0 Å². The fourth-order valence-corrected chi connectivity index (χ4v) is 4.34. The summed E-state index contributed by atoms with van der Waals surface area (Å²) in [5, 5.41) is 5.63. The molecule has 1 aliphatic rings. The molecule has 0 spiro atoms. The summed E-state index contributed by atoms with van der Waals surface area (Å²) < 4.78 is 50.5. The molecular formula is C26H29F3N6O3. The number of ether oxygens (including phenoxy) is 2. The van der Waals surface area contributed by atoms with Crippen LogP contribution in [0.2, 0.25) is 0 Å². The molecule has 4 rings (SSSR count). The lowest BCUT2D eigenvalue weighted by atomic mass is 9.96. The van der Waals surface area contributed by atoms with Crippen molar-refractivity contribution in [3.05, 3.63) is 53.6 Å². The summed E-state index contributed by atoms with van der Waals surface area (Å²) in [7, 11) is 4.83. The zero-order valence-electron chi connectivity index (χ0n) is 21.3. The van der Waals surface area contributed by atoms with Crippen LogP contribution in [-0.4, -0.2) is 55.2 Å². The molecule has 1 aliphatic heterocycles. The Kier molecular flexibility index (Phi) is 8.18. The van der Waals surface area contributed by atoms with Gasteiger partial charge in [0.2, 0.25) is 17.8 Å². The van der Waals surface area contributed by atoms with Crippen molar-refractivity contribution in [2.24, 2.45) is 5.92 Å². The molecule has 0 atom stereocenters. The third-order valence-corrected chi connectivity index (χ3v) is 6.42. The van der Waals surface area contributed by atoms with Gasteiger partial charge in [-0.05, 0) is 36.6 Å². The van der Waals surface area contributed by atoms with Crippen LogP contribution in [0.5, 0.6) is 11.5 Å². The van der Waals surface area contributed by atoms with Gasteiger partial charge in [0.25, 0.3) is 0 Å². The number of carbonyl (C=O) groups excluding carboxylic acids is 1. The van der Waals surface area contributed by atoms with Crippen molar-refractivity contribution in [2.45, 2.75) is 25.6 Å². The predicted octanol–water partition coefficient (Wildman–Crippen LogP) is 4.15. The topological polar surface area (TPSA) is 102 Å². The highest BCUT2D eigenvalue weighted by Gasteiger charge is 2.33. The minimum absolute atomic E-state index is 0.0389. The molecule has 202 valence electrons. The van der Waals surface area contributed by atoms with E-state index in [4.69, 9.17) is 9.47 Å². The first kappa shape index (κ1) is 27.0. The molecule has 2 N–H and O–H groups in total. The van der Waals surface area contributed by atoms with Gasteiger partial charge in [0.05, 0.1) is 25.3 Å². The van der Waals surface area contributed by atoms with Crippen molar-refractivity contribution in [3.63, 3.8) is 0 Å². The van der Waals surface area contributed by atoms with Crippen molar-refractivity contribution in [2.75, 3.05) is 44.6 Å². The second-order valence-corrected chi connectivity index (χ2v) is 8.73. The average Bonchev–Trinajstić information content (AvgIpc) is 2.94. The number of anilines is 2. The summed E-state index contributed by atoms with van der Waals surface area (Å²) in [5.74, 6) is 1.85. The number of nitrogens with zero attached hydrogens (tertiary/aromatic N) is 4. The van der Waals surface area contributed by atoms with Gasteiger partial charge in [0.15, 0.2) is 5.82 Å². The Morgan fingerprint density at radius 2 is 1.79 bits per heavy atom. The van der Waals surface area contributed by atoms with Crippen LogP contribution in [0, 0.1) is 5.92 Å². The molecule has 38 heavy (non-hydrogen) atoms. The van der Waals surface area contributed by atoms with E-state index in [2.05, 4.69) is 25.6 Å². The van der Waals surface area contributed by atoms with E-state index in [1.165, 1.54) is 18.2 Å². The molecule has 0 bridgehead atoms. The maximum Gasteiger partial charge on any atom is 0.416 e. The van der Waals surface area contributed by atoms with Crippen LogP contribution in [0.15, 0.2) is 42.5 Å². The third-order valence-electron chi connectivity index (χ3n) is 6.42. The standard InChI is InChI=1S/C26H29F3N6O3/c1-30-24-32-22(19-9-8-18(37-2)14-21(19)38-3)33-25(34-24)35-12-10-16(11-13-35)23(36)31-15-17-6-4-5-7-20(17)26(27,28)29/h4-9,14,16H,10-13,15H2,1-3H3,(H,31,36)(H,30,32,33,34). The normalized spacial score (nSPS) is 14.2. The molecule has 0 radical (unpaired) electrons. The number of carbonyl (C=O) groups is 1. The van der Waals surface area contributed by atoms with Gasteiger partial charge in [0.1, 0.15) is 11.5 Å². The summed E-state index contributed by atoms with van der Waals surface area (Å²) in [6.07, 6.45) is -3.46. The largest absolute Gasteiger partial charge is 0.497 e. The van der Waals surface area contributed by atoms with Crippen molar-refractivity contribution in [1.82, 2.24) is 20.3 Å². The smallest absolute Gasteiger partial charge is 0.416 e. The van der Waals surface area contributed by atoms with E-state index in [-0.39, 0.29) is 23.9 Å². The quantitative estimate of drug-likeness (QED) is 0.448. The number of hydrogen-bond acceptors (Lipinski definition) is 8. The zero-order valence-corrected chi connectivity index (χ0v) is 21.3. The minimum atomic E-state index is -4.47. The van der Waals surface area contributed by atoms with Crippen LogP contribution in [0.4, 0.5) is 25.1 Å². The van der Waals surface area contributed by atoms with E-state index in [9.17, 15) is 18.0 Å². The number of methoxy groups -OCH3 is 2. The van der Waals surface area contributed by atoms with Gasteiger partial charge in [-0.2, -0.15) is 28.1 Å². The Balaban J connectivity index is 1.44. The maximum atomic E-state index is 13.2. The molecule has 1 fully saturated rings. The molecule has 1 amide bonds. The van der Waals surface area contributed by atoms with Crippen LogP contribution in [0.25, 0.3) is 11.4 Å². The van der Waals surface area contributed by atoms with E-state index in [0.717, 1.165) is 6.07 Å². The van der Waals surface area contributed by atoms with Crippen molar-refractivity contribution in [3.8, 4) is 22.9 Å².